The van der Waals surface area contributed by atoms with Crippen LogP contribution in [0.4, 0.5) is 0 Å². The van der Waals surface area contributed by atoms with Crippen molar-refractivity contribution in [1.82, 2.24) is 0 Å². The van der Waals surface area contributed by atoms with E-state index in [1.807, 2.05) is 21.1 Å². The Labute approximate surface area is 607 Å². The van der Waals surface area contributed by atoms with Crippen LogP contribution in [0.1, 0.15) is 284 Å². The highest BCUT2D eigenvalue weighted by Gasteiger charge is 2.25. The number of hydrogen-bond acceptors (Lipinski definition) is 7. The number of carbonyl (C=O) groups is 3. The molecule has 556 valence electrons. The molecule has 0 aliphatic rings. The van der Waals surface area contributed by atoms with Gasteiger partial charge in [-0.2, -0.15) is 0 Å². The van der Waals surface area contributed by atoms with Crippen molar-refractivity contribution >= 4 is 17.9 Å². The van der Waals surface area contributed by atoms with Gasteiger partial charge >= 0.3 is 17.9 Å². The fourth-order valence-corrected chi connectivity index (χ4v) is 10.1. The molecule has 0 aliphatic heterocycles. The molecule has 2 atom stereocenters. The van der Waals surface area contributed by atoms with E-state index in [1.165, 1.54) is 83.5 Å². The van der Waals surface area contributed by atoms with Crippen molar-refractivity contribution < 1.29 is 42.9 Å². The van der Waals surface area contributed by atoms with Crippen LogP contribution in [0, 0.1) is 0 Å². The van der Waals surface area contributed by atoms with Crippen LogP contribution < -0.4 is 0 Å². The average Bonchev–Trinajstić information content (AvgIpc) is 2.19. The molecule has 0 amide bonds. The Morgan fingerprint density at radius 2 is 0.545 bits per heavy atom. The van der Waals surface area contributed by atoms with Crippen LogP contribution >= 0.6 is 0 Å². The number of hydrogen-bond donors (Lipinski definition) is 1. The van der Waals surface area contributed by atoms with Crippen LogP contribution in [-0.4, -0.2) is 87.4 Å². The molecule has 0 aromatic carbocycles. The highest BCUT2D eigenvalue weighted by atomic mass is 16.7. The van der Waals surface area contributed by atoms with Gasteiger partial charge in [-0.1, -0.05) is 330 Å². The third-order valence-electron chi connectivity index (χ3n) is 16.0. The molecule has 0 bridgehead atoms. The van der Waals surface area contributed by atoms with Crippen LogP contribution in [0.25, 0.3) is 0 Å². The van der Waals surface area contributed by atoms with Gasteiger partial charge in [0.2, 0.25) is 0 Å². The number of ether oxygens (including phenoxy) is 4. The zero-order valence-electron chi connectivity index (χ0n) is 63.6. The smallest absolute Gasteiger partial charge is 0.361 e. The summed E-state index contributed by atoms with van der Waals surface area (Å²) in [6.07, 6.45) is 118. The van der Waals surface area contributed by atoms with Crippen molar-refractivity contribution in [2.75, 3.05) is 47.5 Å². The molecule has 99 heavy (non-hydrogen) atoms. The number of aliphatic carboxylic acids is 1. The second-order valence-electron chi connectivity index (χ2n) is 26.6. The number of likely N-dealkylation sites (N-methyl/N-ethyl adjacent to an activating group) is 1. The minimum atomic E-state index is -1.53. The Balaban J connectivity index is 4.16. The van der Waals surface area contributed by atoms with Gasteiger partial charge in [0, 0.05) is 12.8 Å². The highest BCUT2D eigenvalue weighted by molar-refractivity contribution is 5.71. The van der Waals surface area contributed by atoms with E-state index >= 15 is 0 Å². The number of esters is 2. The summed E-state index contributed by atoms with van der Waals surface area (Å²) in [5, 5.41) is 9.77. The van der Waals surface area contributed by atoms with Gasteiger partial charge in [-0.3, -0.25) is 9.59 Å². The van der Waals surface area contributed by atoms with Gasteiger partial charge < -0.3 is 28.5 Å². The zero-order chi connectivity index (χ0) is 71.8. The Bertz CT molecular complexity index is 2390. The number of carbonyl (C=O) groups excluding carboxylic acids is 2. The highest BCUT2D eigenvalue weighted by Crippen LogP contribution is 2.16. The molecule has 0 aromatic heterocycles. The number of carboxylic acids is 1. The molecule has 0 saturated heterocycles. The standard InChI is InChI=1S/C90H143NO8/c1-6-8-10-12-14-16-18-20-22-24-26-28-30-32-34-36-38-40-42-44-46-48-50-52-54-56-58-60-62-64-66-68-70-72-74-76-78-80-87(92)97-84-86(85-98-90(89(94)95)96-83-82-91(3,4)5)99-88(93)81-79-77-75-73-71-69-67-65-63-61-59-57-55-53-51-49-47-45-43-41-39-37-35-33-31-29-27-25-23-21-19-17-15-13-11-9-7-2/h8-11,14-17,20-23,26-29,32-35,38-41,44-47,51,53,57,59,63,65,86,90H,6-7,12-13,18-19,24-25,30-31,36-37,42-43,48-50,52,54-56,58,60-62,64,66-85H2,1-5H3/p+1/b10-8-,11-9-,16-14-,17-15-,22-20-,23-21-,28-26-,29-27-,34-32-,35-33-,40-38-,41-39-,46-44-,47-45-,53-51-,59-57-,65-63-. The molecule has 0 heterocycles. The van der Waals surface area contributed by atoms with Gasteiger partial charge in [0.05, 0.1) is 34.4 Å². The number of unbranched alkanes of at least 4 members (excludes halogenated alkanes) is 21. The molecule has 0 aromatic rings. The molecule has 0 fully saturated rings. The fourth-order valence-electron chi connectivity index (χ4n) is 10.1. The second-order valence-corrected chi connectivity index (χ2v) is 26.6. The van der Waals surface area contributed by atoms with E-state index in [1.54, 1.807) is 0 Å². The first-order valence-corrected chi connectivity index (χ1v) is 39.2. The van der Waals surface area contributed by atoms with E-state index in [0.717, 1.165) is 167 Å². The Kier molecular flexibility index (Phi) is 72.8. The Morgan fingerprint density at radius 1 is 0.303 bits per heavy atom. The molecule has 0 rings (SSSR count). The quantitative estimate of drug-likeness (QED) is 0.0211. The molecular formula is C90H144NO8+. The van der Waals surface area contributed by atoms with E-state index in [0.29, 0.717) is 17.4 Å². The third kappa shape index (κ3) is 79.1. The first-order valence-electron chi connectivity index (χ1n) is 39.2. The van der Waals surface area contributed by atoms with Gasteiger partial charge in [0.15, 0.2) is 6.10 Å². The molecule has 0 saturated carbocycles. The first kappa shape index (κ1) is 92.9. The van der Waals surface area contributed by atoms with Crippen molar-refractivity contribution in [1.29, 1.82) is 0 Å². The maximum atomic E-state index is 13.0. The molecule has 9 nitrogen and oxygen atoms in total. The summed E-state index contributed by atoms with van der Waals surface area (Å²) in [5.74, 6) is -2.04. The molecular weight excluding hydrogens is 1220 g/mol. The SMILES string of the molecule is CC/C=C\C/C=C\C/C=C\C/C=C\C/C=C\C/C=C\C/C=C\C/C=C\C/C=C\C/C=C\CCCCCCCCC(=O)OC(COC(=O)CCCCCCCCCCCCCCCCC/C=C\C/C=C\C/C=C\C/C=C\C/C=C\C/C=C\C/C=C\CC)COC(OCC[N+](C)(C)C)C(=O)O. The van der Waals surface area contributed by atoms with Gasteiger partial charge in [-0.05, 0) is 148 Å². The number of quaternary nitrogens is 1. The largest absolute Gasteiger partial charge is 0.477 e. The lowest BCUT2D eigenvalue weighted by molar-refractivity contribution is -0.870. The molecule has 9 heteroatoms. The van der Waals surface area contributed by atoms with E-state index in [-0.39, 0.29) is 38.6 Å². The summed E-state index contributed by atoms with van der Waals surface area (Å²) < 4.78 is 23.0. The van der Waals surface area contributed by atoms with Crippen molar-refractivity contribution in [2.24, 2.45) is 0 Å². The van der Waals surface area contributed by atoms with Crippen LogP contribution in [0.15, 0.2) is 207 Å². The molecule has 0 aliphatic carbocycles. The maximum Gasteiger partial charge on any atom is 0.361 e. The van der Waals surface area contributed by atoms with E-state index in [2.05, 4.69) is 220 Å². The summed E-state index contributed by atoms with van der Waals surface area (Å²) >= 11 is 0. The van der Waals surface area contributed by atoms with E-state index < -0.39 is 24.3 Å². The zero-order valence-corrected chi connectivity index (χ0v) is 63.6. The van der Waals surface area contributed by atoms with E-state index in [9.17, 15) is 19.5 Å². The monoisotopic (exact) mass is 1370 g/mol. The second kappa shape index (κ2) is 77.6. The predicted octanol–water partition coefficient (Wildman–Crippen LogP) is 25.5. The van der Waals surface area contributed by atoms with Gasteiger partial charge in [-0.25, -0.2) is 4.79 Å². The van der Waals surface area contributed by atoms with E-state index in [4.69, 9.17) is 18.9 Å². The Hall–Kier alpha value is -6.13. The number of nitrogens with zero attached hydrogens (tertiary/aromatic N) is 1. The molecule has 1 N–H and O–H groups in total. The molecule has 0 spiro atoms. The van der Waals surface area contributed by atoms with Gasteiger partial charge in [-0.15, -0.1) is 0 Å². The number of carboxylic acid groups (broad SMARTS) is 1. The summed E-state index contributed by atoms with van der Waals surface area (Å²) in [4.78, 5) is 37.7. The third-order valence-corrected chi connectivity index (χ3v) is 16.0. The van der Waals surface area contributed by atoms with Crippen LogP contribution in [0.2, 0.25) is 0 Å². The predicted molar refractivity (Wildman–Crippen MR) is 428 cm³/mol. The minimum Gasteiger partial charge on any atom is -0.477 e. The lowest BCUT2D eigenvalue weighted by Crippen LogP contribution is -2.40. The summed E-state index contributed by atoms with van der Waals surface area (Å²) in [7, 11) is 5.96. The lowest BCUT2D eigenvalue weighted by atomic mass is 10.0. The fraction of sp³-hybridized carbons (Fsp3) is 0.589. The van der Waals surface area contributed by atoms with Crippen LogP contribution in [0.3, 0.4) is 0 Å². The lowest BCUT2D eigenvalue weighted by Gasteiger charge is -2.25. The number of allylic oxidation sites excluding steroid dienone is 34. The Morgan fingerprint density at radius 3 is 0.808 bits per heavy atom. The summed E-state index contributed by atoms with van der Waals surface area (Å²) in [5.41, 5.74) is 0. The first-order chi connectivity index (χ1) is 48.6. The van der Waals surface area contributed by atoms with Crippen molar-refractivity contribution in [3.63, 3.8) is 0 Å². The summed E-state index contributed by atoms with van der Waals surface area (Å²) in [6, 6.07) is 0. The van der Waals surface area contributed by atoms with Crippen LogP contribution in [0.5, 0.6) is 0 Å². The topological polar surface area (TPSA) is 108 Å². The minimum absolute atomic E-state index is 0.175. The van der Waals surface area contributed by atoms with Gasteiger partial charge in [0.1, 0.15) is 13.2 Å². The van der Waals surface area contributed by atoms with Crippen LogP contribution in [-0.2, 0) is 33.3 Å². The average molecular weight is 1370 g/mol. The van der Waals surface area contributed by atoms with Crippen molar-refractivity contribution in [2.45, 2.75) is 296 Å². The molecule has 0 radical (unpaired) electrons. The van der Waals surface area contributed by atoms with Crippen molar-refractivity contribution in [3.8, 4) is 0 Å². The van der Waals surface area contributed by atoms with Gasteiger partial charge in [0.25, 0.3) is 6.29 Å². The molecule has 2 unspecified atom stereocenters. The van der Waals surface area contributed by atoms with Crippen molar-refractivity contribution in [3.05, 3.63) is 207 Å². The summed E-state index contributed by atoms with van der Waals surface area (Å²) in [6.45, 7) is 4.62. The number of rotatable bonds is 70. The normalized spacial score (nSPS) is 13.8. The maximum absolute atomic E-state index is 13.0.